The Kier molecular flexibility index (Phi) is 7.66. The van der Waals surface area contributed by atoms with E-state index in [1.807, 2.05) is 42.5 Å². The van der Waals surface area contributed by atoms with Gasteiger partial charge in [-0.25, -0.2) is 14.6 Å². The Balaban J connectivity index is 1.26. The fraction of sp³-hybridized carbons (Fsp3) is 0.259. The molecular weight excluding hydrogens is 478 g/mol. The second kappa shape index (κ2) is 11.4. The number of hydrogen-bond acceptors (Lipinski definition) is 7. The third kappa shape index (κ3) is 6.15. The van der Waals surface area contributed by atoms with Crippen molar-refractivity contribution < 1.29 is 9.47 Å². The molecule has 36 heavy (non-hydrogen) atoms. The summed E-state index contributed by atoms with van der Waals surface area (Å²) in [4.78, 5) is 23.7. The number of halogens is 1. The van der Waals surface area contributed by atoms with E-state index in [1.54, 1.807) is 24.5 Å². The Morgan fingerprint density at radius 3 is 2.53 bits per heavy atom. The first-order valence-corrected chi connectivity index (χ1v) is 12.2. The zero-order chi connectivity index (χ0) is 24.7. The molecule has 1 aliphatic heterocycles. The van der Waals surface area contributed by atoms with Crippen molar-refractivity contribution in [3.8, 4) is 28.4 Å². The molecule has 184 valence electrons. The Bertz CT molecular complexity index is 1370. The van der Waals surface area contributed by atoms with Gasteiger partial charge in [0.1, 0.15) is 6.61 Å². The maximum absolute atomic E-state index is 12.5. The number of nitrogens with zero attached hydrogens (tertiary/aromatic N) is 5. The molecule has 3 heterocycles. The van der Waals surface area contributed by atoms with Crippen molar-refractivity contribution in [2.45, 2.75) is 6.54 Å². The van der Waals surface area contributed by atoms with E-state index in [9.17, 15) is 4.79 Å². The first-order chi connectivity index (χ1) is 17.6. The Hall–Kier alpha value is -3.59. The van der Waals surface area contributed by atoms with E-state index >= 15 is 0 Å². The average Bonchev–Trinajstić information content (AvgIpc) is 2.91. The molecule has 0 N–H and O–H groups in total. The topological polar surface area (TPSA) is 82.4 Å². The van der Waals surface area contributed by atoms with Crippen LogP contribution in [0.2, 0.25) is 5.02 Å². The Morgan fingerprint density at radius 1 is 0.944 bits per heavy atom. The van der Waals surface area contributed by atoms with Gasteiger partial charge in [0.15, 0.2) is 11.6 Å². The van der Waals surface area contributed by atoms with Crippen LogP contribution >= 0.6 is 11.6 Å². The molecule has 0 unspecified atom stereocenters. The summed E-state index contributed by atoms with van der Waals surface area (Å²) in [5.74, 6) is 1.22. The molecule has 2 aromatic carbocycles. The van der Waals surface area contributed by atoms with E-state index in [0.717, 1.165) is 49.5 Å². The summed E-state index contributed by atoms with van der Waals surface area (Å²) in [7, 11) is 0. The minimum Gasteiger partial charge on any atom is -0.489 e. The lowest BCUT2D eigenvalue weighted by molar-refractivity contribution is 0.0322. The van der Waals surface area contributed by atoms with Crippen molar-refractivity contribution in [3.05, 3.63) is 94.0 Å². The van der Waals surface area contributed by atoms with Crippen LogP contribution in [0.1, 0.15) is 5.56 Å². The second-order valence-corrected chi connectivity index (χ2v) is 8.91. The maximum atomic E-state index is 12.5. The lowest BCUT2D eigenvalue weighted by Crippen LogP contribution is -2.38. The summed E-state index contributed by atoms with van der Waals surface area (Å²) < 4.78 is 12.6. The zero-order valence-corrected chi connectivity index (χ0v) is 20.5. The SMILES string of the molecule is O=c1ccc(-c2cccc(Cl)c2)nn1Cc1cccc(-c2ncc(OCCN3CCOCC3)cn2)c1. The largest absolute Gasteiger partial charge is 0.489 e. The summed E-state index contributed by atoms with van der Waals surface area (Å²) in [6, 6.07) is 18.4. The molecular formula is C27H26ClN5O3. The van der Waals surface area contributed by atoms with E-state index in [2.05, 4.69) is 20.0 Å². The Labute approximate surface area is 214 Å². The van der Waals surface area contributed by atoms with Crippen molar-refractivity contribution in [1.29, 1.82) is 0 Å². The highest BCUT2D eigenvalue weighted by Crippen LogP contribution is 2.21. The van der Waals surface area contributed by atoms with Gasteiger partial charge in [-0.05, 0) is 29.8 Å². The van der Waals surface area contributed by atoms with Crippen molar-refractivity contribution >= 4 is 11.6 Å². The molecule has 0 saturated carbocycles. The summed E-state index contributed by atoms with van der Waals surface area (Å²) in [6.45, 7) is 5.16. The molecule has 8 nitrogen and oxygen atoms in total. The lowest BCUT2D eigenvalue weighted by Gasteiger charge is -2.26. The molecule has 2 aromatic heterocycles. The first kappa shape index (κ1) is 24.1. The number of ether oxygens (including phenoxy) is 2. The minimum absolute atomic E-state index is 0.180. The van der Waals surface area contributed by atoms with Crippen molar-refractivity contribution in [3.63, 3.8) is 0 Å². The van der Waals surface area contributed by atoms with Gasteiger partial charge in [0.2, 0.25) is 0 Å². The smallest absolute Gasteiger partial charge is 0.267 e. The number of aromatic nitrogens is 4. The normalized spacial score (nSPS) is 14.0. The molecule has 0 aliphatic carbocycles. The predicted octanol–water partition coefficient (Wildman–Crippen LogP) is 3.78. The first-order valence-electron chi connectivity index (χ1n) is 11.8. The van der Waals surface area contributed by atoms with Crippen LogP contribution in [0.15, 0.2) is 77.9 Å². The third-order valence-corrected chi connectivity index (χ3v) is 6.15. The van der Waals surface area contributed by atoms with Crippen molar-refractivity contribution in [1.82, 2.24) is 24.6 Å². The van der Waals surface area contributed by atoms with Gasteiger partial charge in [0.25, 0.3) is 5.56 Å². The maximum Gasteiger partial charge on any atom is 0.267 e. The van der Waals surface area contributed by atoms with Crippen LogP contribution in [-0.4, -0.2) is 64.1 Å². The number of benzene rings is 2. The van der Waals surface area contributed by atoms with E-state index in [1.165, 1.54) is 10.7 Å². The van der Waals surface area contributed by atoms with E-state index in [0.29, 0.717) is 35.4 Å². The van der Waals surface area contributed by atoms with E-state index in [4.69, 9.17) is 21.1 Å². The molecule has 4 aromatic rings. The van der Waals surface area contributed by atoms with Gasteiger partial charge < -0.3 is 9.47 Å². The third-order valence-electron chi connectivity index (χ3n) is 5.91. The molecule has 0 amide bonds. The van der Waals surface area contributed by atoms with E-state index < -0.39 is 0 Å². The molecule has 1 aliphatic rings. The minimum atomic E-state index is -0.180. The molecule has 0 bridgehead atoms. The molecule has 0 radical (unpaired) electrons. The molecule has 1 fully saturated rings. The molecule has 5 rings (SSSR count). The Morgan fingerprint density at radius 2 is 1.72 bits per heavy atom. The van der Waals surface area contributed by atoms with Gasteiger partial charge in [-0.3, -0.25) is 9.69 Å². The number of morpholine rings is 1. The van der Waals surface area contributed by atoms with Crippen molar-refractivity contribution in [2.24, 2.45) is 0 Å². The van der Waals surface area contributed by atoms with Gasteiger partial charge in [-0.2, -0.15) is 5.10 Å². The van der Waals surface area contributed by atoms with Crippen molar-refractivity contribution in [2.75, 3.05) is 39.5 Å². The zero-order valence-electron chi connectivity index (χ0n) is 19.7. The molecule has 0 atom stereocenters. The van der Waals surface area contributed by atoms with Crippen LogP contribution in [-0.2, 0) is 11.3 Å². The second-order valence-electron chi connectivity index (χ2n) is 8.47. The predicted molar refractivity (Wildman–Crippen MR) is 138 cm³/mol. The van der Waals surface area contributed by atoms with Crippen LogP contribution in [0.3, 0.4) is 0 Å². The lowest BCUT2D eigenvalue weighted by atomic mass is 10.1. The van der Waals surface area contributed by atoms with Gasteiger partial charge in [0, 0.05) is 41.9 Å². The summed E-state index contributed by atoms with van der Waals surface area (Å²) in [6.07, 6.45) is 3.38. The number of hydrogen-bond donors (Lipinski definition) is 0. The standard InChI is InChI=1S/C27H26ClN5O3/c28-23-6-2-4-21(16-23)25-7-8-26(34)33(31-25)19-20-3-1-5-22(15-20)27-29-17-24(18-30-27)36-14-11-32-9-12-35-13-10-32/h1-8,15-18H,9-14,19H2. The molecule has 1 saturated heterocycles. The average molecular weight is 504 g/mol. The fourth-order valence-electron chi connectivity index (χ4n) is 4.00. The van der Waals surface area contributed by atoms with Crippen LogP contribution in [0.25, 0.3) is 22.6 Å². The van der Waals surface area contributed by atoms with Gasteiger partial charge in [-0.15, -0.1) is 0 Å². The molecule has 9 heteroatoms. The van der Waals surface area contributed by atoms with Crippen LogP contribution in [0.4, 0.5) is 0 Å². The van der Waals surface area contributed by atoms with Crippen LogP contribution in [0, 0.1) is 0 Å². The quantitative estimate of drug-likeness (QED) is 0.362. The van der Waals surface area contributed by atoms with Crippen LogP contribution in [0.5, 0.6) is 5.75 Å². The van der Waals surface area contributed by atoms with Gasteiger partial charge in [-0.1, -0.05) is 41.9 Å². The highest BCUT2D eigenvalue weighted by atomic mass is 35.5. The highest BCUT2D eigenvalue weighted by molar-refractivity contribution is 6.30. The number of rotatable bonds is 8. The van der Waals surface area contributed by atoms with Gasteiger partial charge in [0.05, 0.1) is 37.8 Å². The van der Waals surface area contributed by atoms with E-state index in [-0.39, 0.29) is 5.56 Å². The van der Waals surface area contributed by atoms with Gasteiger partial charge >= 0.3 is 0 Å². The molecule has 0 spiro atoms. The van der Waals surface area contributed by atoms with Crippen LogP contribution < -0.4 is 10.3 Å². The highest BCUT2D eigenvalue weighted by Gasteiger charge is 2.11. The summed E-state index contributed by atoms with van der Waals surface area (Å²) >= 11 is 6.12. The summed E-state index contributed by atoms with van der Waals surface area (Å²) in [5, 5.41) is 5.16. The summed E-state index contributed by atoms with van der Waals surface area (Å²) in [5.41, 5.74) is 3.12. The fourth-order valence-corrected chi connectivity index (χ4v) is 4.19. The monoisotopic (exact) mass is 503 g/mol.